The largest absolute Gasteiger partial charge is 0.424 e. The number of hydrogen-bond acceptors (Lipinski definition) is 8. The topological polar surface area (TPSA) is 118 Å². The standard InChI is InChI=1S/C22H20ClN9O/c1-13-9-19(31-30-13)28-18-8-7-17-20(29-18)32(2)21(27-17)24-10-14-3-5-16(6-4-14)33-22-25-11-15(23)12-26-22/h3-9,11-12H,10H2,1-2H3,(H,24,27)(H2,28,29,30,31). The molecule has 0 saturated heterocycles. The van der Waals surface area contributed by atoms with Crippen LogP contribution in [0, 0.1) is 6.92 Å². The molecule has 0 unspecified atom stereocenters. The number of imidazole rings is 1. The molecule has 1 aromatic carbocycles. The van der Waals surface area contributed by atoms with E-state index in [2.05, 4.69) is 40.8 Å². The first-order valence-corrected chi connectivity index (χ1v) is 10.5. The number of aromatic nitrogens is 7. The van der Waals surface area contributed by atoms with Crippen LogP contribution in [0.5, 0.6) is 11.8 Å². The van der Waals surface area contributed by atoms with E-state index in [9.17, 15) is 0 Å². The summed E-state index contributed by atoms with van der Waals surface area (Å²) in [4.78, 5) is 17.4. The number of ether oxygens (including phenoxy) is 1. The van der Waals surface area contributed by atoms with Gasteiger partial charge < -0.3 is 15.4 Å². The van der Waals surface area contributed by atoms with Gasteiger partial charge in [-0.05, 0) is 36.8 Å². The van der Waals surface area contributed by atoms with Gasteiger partial charge in [-0.2, -0.15) is 5.10 Å². The van der Waals surface area contributed by atoms with Crippen LogP contribution in [-0.4, -0.2) is 34.7 Å². The summed E-state index contributed by atoms with van der Waals surface area (Å²) in [7, 11) is 1.93. The molecule has 4 aromatic heterocycles. The van der Waals surface area contributed by atoms with Gasteiger partial charge in [0.25, 0.3) is 0 Å². The van der Waals surface area contributed by atoms with Crippen molar-refractivity contribution in [2.45, 2.75) is 13.5 Å². The molecule has 0 spiro atoms. The Morgan fingerprint density at radius 3 is 2.55 bits per heavy atom. The minimum Gasteiger partial charge on any atom is -0.424 e. The summed E-state index contributed by atoms with van der Waals surface area (Å²) in [5.41, 5.74) is 3.61. The van der Waals surface area contributed by atoms with E-state index in [0.29, 0.717) is 23.1 Å². The summed E-state index contributed by atoms with van der Waals surface area (Å²) in [6.45, 7) is 2.54. The van der Waals surface area contributed by atoms with Crippen molar-refractivity contribution >= 4 is 40.3 Å². The molecule has 0 aliphatic carbocycles. The molecule has 0 saturated carbocycles. The highest BCUT2D eigenvalue weighted by Crippen LogP contribution is 2.22. The quantitative estimate of drug-likeness (QED) is 0.322. The van der Waals surface area contributed by atoms with Crippen molar-refractivity contribution < 1.29 is 4.74 Å². The Balaban J connectivity index is 1.25. The van der Waals surface area contributed by atoms with Crippen LogP contribution >= 0.6 is 11.6 Å². The fourth-order valence-corrected chi connectivity index (χ4v) is 3.32. The maximum absolute atomic E-state index is 5.79. The third-order valence-corrected chi connectivity index (χ3v) is 5.05. The molecular formula is C22H20ClN9O. The molecule has 0 amide bonds. The summed E-state index contributed by atoms with van der Waals surface area (Å²) in [6, 6.07) is 13.6. The number of benzene rings is 1. The normalized spacial score (nSPS) is 11.0. The highest BCUT2D eigenvalue weighted by molar-refractivity contribution is 6.30. The predicted molar refractivity (Wildman–Crippen MR) is 126 cm³/mol. The van der Waals surface area contributed by atoms with Crippen LogP contribution in [0.4, 0.5) is 17.6 Å². The first-order chi connectivity index (χ1) is 16.0. The summed E-state index contributed by atoms with van der Waals surface area (Å²) in [5, 5.41) is 14.1. The van der Waals surface area contributed by atoms with Crippen LogP contribution in [0.15, 0.2) is 54.9 Å². The molecule has 4 heterocycles. The zero-order valence-electron chi connectivity index (χ0n) is 17.9. The third-order valence-electron chi connectivity index (χ3n) is 4.86. The Labute approximate surface area is 194 Å². The number of nitrogens with zero attached hydrogens (tertiary/aromatic N) is 6. The van der Waals surface area contributed by atoms with Gasteiger partial charge in [0.2, 0.25) is 5.95 Å². The highest BCUT2D eigenvalue weighted by atomic mass is 35.5. The maximum atomic E-state index is 5.79. The van der Waals surface area contributed by atoms with E-state index < -0.39 is 0 Å². The zero-order valence-corrected chi connectivity index (χ0v) is 18.6. The second kappa shape index (κ2) is 8.75. The van der Waals surface area contributed by atoms with Gasteiger partial charge in [-0.1, -0.05) is 23.7 Å². The minimum atomic E-state index is 0.244. The van der Waals surface area contributed by atoms with E-state index in [-0.39, 0.29) is 6.01 Å². The van der Waals surface area contributed by atoms with Crippen molar-refractivity contribution in [1.29, 1.82) is 0 Å². The second-order valence-electron chi connectivity index (χ2n) is 7.38. The summed E-state index contributed by atoms with van der Waals surface area (Å²) >= 11 is 5.79. The lowest BCUT2D eigenvalue weighted by Gasteiger charge is -2.08. The Hall–Kier alpha value is -4.18. The summed E-state index contributed by atoms with van der Waals surface area (Å²) in [6.07, 6.45) is 2.98. The van der Waals surface area contributed by atoms with Crippen LogP contribution in [-0.2, 0) is 13.6 Å². The molecule has 0 fully saturated rings. The number of fused-ring (bicyclic) bond motifs is 1. The molecule has 0 aliphatic rings. The minimum absolute atomic E-state index is 0.244. The van der Waals surface area contributed by atoms with Gasteiger partial charge in [-0.25, -0.2) is 19.9 Å². The number of pyridine rings is 1. The van der Waals surface area contributed by atoms with E-state index in [1.807, 2.05) is 61.0 Å². The van der Waals surface area contributed by atoms with Gasteiger partial charge in [0.1, 0.15) is 17.1 Å². The van der Waals surface area contributed by atoms with Crippen molar-refractivity contribution in [3.8, 4) is 11.8 Å². The smallest absolute Gasteiger partial charge is 0.321 e. The molecule has 166 valence electrons. The van der Waals surface area contributed by atoms with Gasteiger partial charge in [-0.3, -0.25) is 9.67 Å². The Morgan fingerprint density at radius 2 is 1.82 bits per heavy atom. The number of anilines is 3. The number of halogens is 1. The van der Waals surface area contributed by atoms with Crippen LogP contribution in [0.3, 0.4) is 0 Å². The molecule has 10 nitrogen and oxygen atoms in total. The van der Waals surface area contributed by atoms with Crippen molar-refractivity contribution in [3.05, 3.63) is 71.1 Å². The molecule has 0 radical (unpaired) electrons. The molecule has 0 aliphatic heterocycles. The molecular weight excluding hydrogens is 442 g/mol. The Morgan fingerprint density at radius 1 is 1.03 bits per heavy atom. The molecule has 0 atom stereocenters. The number of aryl methyl sites for hydroxylation is 2. The number of rotatable bonds is 7. The lowest BCUT2D eigenvalue weighted by atomic mass is 10.2. The third kappa shape index (κ3) is 4.70. The van der Waals surface area contributed by atoms with Gasteiger partial charge >= 0.3 is 6.01 Å². The van der Waals surface area contributed by atoms with E-state index in [1.165, 1.54) is 12.4 Å². The highest BCUT2D eigenvalue weighted by Gasteiger charge is 2.11. The number of hydrogen-bond donors (Lipinski definition) is 3. The summed E-state index contributed by atoms with van der Waals surface area (Å²) < 4.78 is 7.55. The van der Waals surface area contributed by atoms with Gasteiger partial charge in [-0.15, -0.1) is 0 Å². The maximum Gasteiger partial charge on any atom is 0.321 e. The first-order valence-electron chi connectivity index (χ1n) is 10.1. The predicted octanol–water partition coefficient (Wildman–Crippen LogP) is 4.59. The molecule has 3 N–H and O–H groups in total. The van der Waals surface area contributed by atoms with Gasteiger partial charge in [0.15, 0.2) is 11.5 Å². The zero-order chi connectivity index (χ0) is 22.8. The average Bonchev–Trinajstić information content (AvgIpc) is 3.37. The Bertz CT molecular complexity index is 1390. The molecule has 5 rings (SSSR count). The van der Waals surface area contributed by atoms with Crippen molar-refractivity contribution in [3.63, 3.8) is 0 Å². The van der Waals surface area contributed by atoms with E-state index >= 15 is 0 Å². The molecule has 33 heavy (non-hydrogen) atoms. The monoisotopic (exact) mass is 461 g/mol. The van der Waals surface area contributed by atoms with Crippen LogP contribution < -0.4 is 15.4 Å². The van der Waals surface area contributed by atoms with Crippen LogP contribution in [0.2, 0.25) is 5.02 Å². The van der Waals surface area contributed by atoms with E-state index in [1.54, 1.807) is 0 Å². The fraction of sp³-hybridized carbons (Fsp3) is 0.136. The van der Waals surface area contributed by atoms with Crippen molar-refractivity contribution in [2.24, 2.45) is 7.05 Å². The molecule has 0 bridgehead atoms. The Kier molecular flexibility index (Phi) is 5.49. The summed E-state index contributed by atoms with van der Waals surface area (Å²) in [5.74, 6) is 2.78. The average molecular weight is 462 g/mol. The van der Waals surface area contributed by atoms with Gasteiger partial charge in [0.05, 0.1) is 17.4 Å². The van der Waals surface area contributed by atoms with E-state index in [0.717, 1.165) is 34.2 Å². The SMILES string of the molecule is Cc1cc(Nc2ccc3nc(NCc4ccc(Oc5ncc(Cl)cn5)cc4)n(C)c3n2)n[nH]1. The van der Waals surface area contributed by atoms with Crippen LogP contribution in [0.1, 0.15) is 11.3 Å². The first kappa shape index (κ1) is 20.7. The number of nitrogens with one attached hydrogen (secondary N) is 3. The number of aromatic amines is 1. The van der Waals surface area contributed by atoms with E-state index in [4.69, 9.17) is 16.3 Å². The van der Waals surface area contributed by atoms with Crippen molar-refractivity contribution in [1.82, 2.24) is 34.7 Å². The molecule has 5 aromatic rings. The van der Waals surface area contributed by atoms with Crippen molar-refractivity contribution in [2.75, 3.05) is 10.6 Å². The molecule has 11 heteroatoms. The lowest BCUT2D eigenvalue weighted by molar-refractivity contribution is 0.441. The number of H-pyrrole nitrogens is 1. The van der Waals surface area contributed by atoms with Gasteiger partial charge in [0, 0.05) is 25.4 Å². The second-order valence-corrected chi connectivity index (χ2v) is 7.81. The van der Waals surface area contributed by atoms with Crippen LogP contribution in [0.25, 0.3) is 11.2 Å². The lowest BCUT2D eigenvalue weighted by Crippen LogP contribution is -2.05. The fourth-order valence-electron chi connectivity index (χ4n) is 3.22.